The van der Waals surface area contributed by atoms with E-state index >= 15 is 0 Å². The monoisotopic (exact) mass is 310 g/mol. The molecule has 0 bridgehead atoms. The number of aliphatic hydroxyl groups excluding tert-OH is 1. The number of rotatable bonds is 7. The highest BCUT2D eigenvalue weighted by atomic mass is 16.5. The first-order valence-corrected chi connectivity index (χ1v) is 7.29. The topological polar surface area (TPSA) is 91.3 Å². The van der Waals surface area contributed by atoms with Crippen LogP contribution in [0.4, 0.5) is 0 Å². The second kappa shape index (κ2) is 6.89. The molecular weight excluding hydrogens is 288 g/mol. The van der Waals surface area contributed by atoms with Crippen molar-refractivity contribution in [2.24, 2.45) is 7.05 Å². The third kappa shape index (κ3) is 3.12. The van der Waals surface area contributed by atoms with Crippen molar-refractivity contribution in [2.75, 3.05) is 7.11 Å². The summed E-state index contributed by atoms with van der Waals surface area (Å²) in [6, 6.07) is 0. The number of aromatic nitrogens is 4. The van der Waals surface area contributed by atoms with E-state index < -0.39 is 0 Å². The summed E-state index contributed by atoms with van der Waals surface area (Å²) in [7, 11) is 3.13. The number of nitrogens with zero attached hydrogens (tertiary/aromatic N) is 4. The number of fused-ring (bicyclic) bond motifs is 1. The van der Waals surface area contributed by atoms with E-state index in [0.29, 0.717) is 30.6 Å². The van der Waals surface area contributed by atoms with E-state index in [4.69, 9.17) is 4.74 Å². The van der Waals surface area contributed by atoms with Crippen LogP contribution in [0.2, 0.25) is 0 Å². The molecule has 122 valence electrons. The molecule has 0 fully saturated rings. The SMILES string of the molecule is COCn1cnc2c1c(=O)n(CCCC[C@H](C)O)c(=O)n2C. The van der Waals surface area contributed by atoms with Gasteiger partial charge in [-0.3, -0.25) is 13.9 Å². The Bertz CT molecular complexity index is 757. The summed E-state index contributed by atoms with van der Waals surface area (Å²) in [5.74, 6) is 0. The lowest BCUT2D eigenvalue weighted by molar-refractivity contribution is 0.134. The fraction of sp³-hybridized carbons (Fsp3) is 0.643. The molecule has 2 aromatic rings. The molecule has 1 atom stereocenters. The molecule has 0 unspecified atom stereocenters. The summed E-state index contributed by atoms with van der Waals surface area (Å²) in [5, 5.41) is 9.25. The van der Waals surface area contributed by atoms with Gasteiger partial charge in [0.25, 0.3) is 5.56 Å². The molecule has 2 rings (SSSR count). The lowest BCUT2D eigenvalue weighted by atomic mass is 10.2. The van der Waals surface area contributed by atoms with Crippen LogP contribution in [0.1, 0.15) is 26.2 Å². The standard InChI is InChI=1S/C14H22N4O4/c1-10(19)6-4-5-7-18-13(20)11-12(16(2)14(18)21)15-8-17(11)9-22-3/h8,10,19H,4-7,9H2,1-3H3/t10-/m0/s1. The van der Waals surface area contributed by atoms with Gasteiger partial charge >= 0.3 is 5.69 Å². The number of aryl methyl sites for hydroxylation is 1. The Labute approximate surface area is 127 Å². The van der Waals surface area contributed by atoms with Crippen LogP contribution in [0.3, 0.4) is 0 Å². The van der Waals surface area contributed by atoms with Gasteiger partial charge in [0.05, 0.1) is 12.4 Å². The molecule has 8 heteroatoms. The number of ether oxygens (including phenoxy) is 1. The molecule has 0 aliphatic heterocycles. The van der Waals surface area contributed by atoms with Gasteiger partial charge in [0, 0.05) is 20.7 Å². The van der Waals surface area contributed by atoms with Gasteiger partial charge in [0.2, 0.25) is 0 Å². The van der Waals surface area contributed by atoms with Crippen LogP contribution in [0.5, 0.6) is 0 Å². The van der Waals surface area contributed by atoms with Crippen LogP contribution in [0.15, 0.2) is 15.9 Å². The number of aliphatic hydroxyl groups is 1. The van der Waals surface area contributed by atoms with Crippen LogP contribution >= 0.6 is 0 Å². The van der Waals surface area contributed by atoms with Crippen molar-refractivity contribution in [3.63, 3.8) is 0 Å². The first-order chi connectivity index (χ1) is 10.5. The van der Waals surface area contributed by atoms with Crippen LogP contribution in [0.25, 0.3) is 11.2 Å². The average molecular weight is 310 g/mol. The van der Waals surface area contributed by atoms with Crippen molar-refractivity contribution < 1.29 is 9.84 Å². The Morgan fingerprint density at radius 2 is 2.09 bits per heavy atom. The summed E-state index contributed by atoms with van der Waals surface area (Å²) in [6.07, 6.45) is 3.18. The Morgan fingerprint density at radius 3 is 2.73 bits per heavy atom. The first-order valence-electron chi connectivity index (χ1n) is 7.29. The zero-order valence-electron chi connectivity index (χ0n) is 13.2. The predicted octanol–water partition coefficient (Wildman–Crippen LogP) is 0.0517. The minimum atomic E-state index is -0.378. The van der Waals surface area contributed by atoms with Gasteiger partial charge in [-0.05, 0) is 26.2 Å². The molecule has 0 radical (unpaired) electrons. The molecule has 2 heterocycles. The number of unbranched alkanes of at least 4 members (excludes halogenated alkanes) is 1. The van der Waals surface area contributed by atoms with Crippen molar-refractivity contribution in [3.8, 4) is 0 Å². The van der Waals surface area contributed by atoms with E-state index in [1.165, 1.54) is 22.6 Å². The normalized spacial score (nSPS) is 12.9. The predicted molar refractivity (Wildman–Crippen MR) is 81.8 cm³/mol. The molecule has 8 nitrogen and oxygen atoms in total. The lowest BCUT2D eigenvalue weighted by Crippen LogP contribution is -2.39. The molecule has 2 aromatic heterocycles. The molecule has 1 N–H and O–H groups in total. The second-order valence-corrected chi connectivity index (χ2v) is 5.45. The molecule has 0 amide bonds. The summed E-state index contributed by atoms with van der Waals surface area (Å²) in [4.78, 5) is 29.0. The van der Waals surface area contributed by atoms with E-state index in [0.717, 1.165) is 6.42 Å². The van der Waals surface area contributed by atoms with Crippen molar-refractivity contribution in [1.82, 2.24) is 18.7 Å². The molecule has 0 saturated heterocycles. The van der Waals surface area contributed by atoms with Gasteiger partial charge in [-0.15, -0.1) is 0 Å². The van der Waals surface area contributed by atoms with E-state index in [1.54, 1.807) is 18.5 Å². The largest absolute Gasteiger partial charge is 0.393 e. The van der Waals surface area contributed by atoms with Gasteiger partial charge in [-0.25, -0.2) is 9.78 Å². The van der Waals surface area contributed by atoms with Crippen molar-refractivity contribution in [2.45, 2.75) is 45.6 Å². The third-order valence-electron chi connectivity index (χ3n) is 3.62. The van der Waals surface area contributed by atoms with Crippen LogP contribution < -0.4 is 11.2 Å². The quantitative estimate of drug-likeness (QED) is 0.730. The molecular formula is C14H22N4O4. The van der Waals surface area contributed by atoms with Gasteiger partial charge in [-0.2, -0.15) is 0 Å². The molecule has 0 spiro atoms. The average Bonchev–Trinajstić information content (AvgIpc) is 2.88. The maximum atomic E-state index is 12.6. The maximum absolute atomic E-state index is 12.6. The van der Waals surface area contributed by atoms with E-state index in [1.807, 2.05) is 0 Å². The highest BCUT2D eigenvalue weighted by molar-refractivity contribution is 5.69. The fourth-order valence-electron chi connectivity index (χ4n) is 2.47. The van der Waals surface area contributed by atoms with Crippen molar-refractivity contribution in [3.05, 3.63) is 27.2 Å². The Kier molecular flexibility index (Phi) is 5.15. The Hall–Kier alpha value is -1.93. The van der Waals surface area contributed by atoms with Gasteiger partial charge < -0.3 is 14.4 Å². The highest BCUT2D eigenvalue weighted by Crippen LogP contribution is 2.06. The van der Waals surface area contributed by atoms with Crippen molar-refractivity contribution in [1.29, 1.82) is 0 Å². The van der Waals surface area contributed by atoms with E-state index in [-0.39, 0.29) is 24.1 Å². The summed E-state index contributed by atoms with van der Waals surface area (Å²) < 4.78 is 9.22. The summed E-state index contributed by atoms with van der Waals surface area (Å²) in [5.41, 5.74) is -0.0198. The molecule has 0 aliphatic carbocycles. The third-order valence-corrected chi connectivity index (χ3v) is 3.62. The van der Waals surface area contributed by atoms with Crippen LogP contribution in [-0.2, 0) is 25.1 Å². The Morgan fingerprint density at radius 1 is 1.36 bits per heavy atom. The number of hydrogen-bond donors (Lipinski definition) is 1. The summed E-state index contributed by atoms with van der Waals surface area (Å²) in [6.45, 7) is 2.25. The van der Waals surface area contributed by atoms with Gasteiger partial charge in [-0.1, -0.05) is 0 Å². The minimum absolute atomic E-state index is 0.200. The fourth-order valence-corrected chi connectivity index (χ4v) is 2.47. The Balaban J connectivity index is 2.39. The smallest absolute Gasteiger partial charge is 0.332 e. The number of hydrogen-bond acceptors (Lipinski definition) is 5. The molecule has 0 saturated carbocycles. The summed E-state index contributed by atoms with van der Waals surface area (Å²) >= 11 is 0. The van der Waals surface area contributed by atoms with Gasteiger partial charge in [0.1, 0.15) is 6.73 Å². The van der Waals surface area contributed by atoms with E-state index in [9.17, 15) is 14.7 Å². The zero-order chi connectivity index (χ0) is 16.3. The maximum Gasteiger partial charge on any atom is 0.332 e. The van der Waals surface area contributed by atoms with Gasteiger partial charge in [0.15, 0.2) is 11.2 Å². The number of imidazole rings is 1. The molecule has 0 aromatic carbocycles. The van der Waals surface area contributed by atoms with Crippen LogP contribution in [-0.4, -0.2) is 37.0 Å². The van der Waals surface area contributed by atoms with Crippen molar-refractivity contribution >= 4 is 11.2 Å². The zero-order valence-corrected chi connectivity index (χ0v) is 13.2. The number of methoxy groups -OCH3 is 1. The van der Waals surface area contributed by atoms with Crippen LogP contribution in [0, 0.1) is 0 Å². The lowest BCUT2D eigenvalue weighted by Gasteiger charge is -2.10. The van der Waals surface area contributed by atoms with E-state index in [2.05, 4.69) is 4.98 Å². The minimum Gasteiger partial charge on any atom is -0.393 e. The highest BCUT2D eigenvalue weighted by Gasteiger charge is 2.15. The molecule has 22 heavy (non-hydrogen) atoms. The molecule has 0 aliphatic rings. The first kappa shape index (κ1) is 16.4. The second-order valence-electron chi connectivity index (χ2n) is 5.45.